The fourth-order valence-corrected chi connectivity index (χ4v) is 2.75. The van der Waals surface area contributed by atoms with E-state index in [0.717, 1.165) is 19.3 Å². The van der Waals surface area contributed by atoms with Gasteiger partial charge in [0.1, 0.15) is 12.1 Å². The number of amides is 2. The molecule has 1 aliphatic heterocycles. The van der Waals surface area contributed by atoms with Crippen molar-refractivity contribution in [3.8, 4) is 0 Å². The number of hydrogen-bond donors (Lipinski definition) is 1. The van der Waals surface area contributed by atoms with Crippen LogP contribution in [0.3, 0.4) is 0 Å². The van der Waals surface area contributed by atoms with Gasteiger partial charge in [-0.05, 0) is 25.7 Å². The molecule has 0 aromatic rings. The maximum Gasteiger partial charge on any atom is 0.246 e. The van der Waals surface area contributed by atoms with Crippen LogP contribution in [0.15, 0.2) is 0 Å². The van der Waals surface area contributed by atoms with E-state index in [-0.39, 0.29) is 35.9 Å². The third kappa shape index (κ3) is 3.48. The number of rotatable bonds is 6. The van der Waals surface area contributed by atoms with Gasteiger partial charge in [0, 0.05) is 6.04 Å². The van der Waals surface area contributed by atoms with Crippen molar-refractivity contribution in [2.24, 2.45) is 5.92 Å². The Balaban J connectivity index is 2.92. The number of carbonyl (C=O) groups excluding carboxylic acids is 2. The van der Waals surface area contributed by atoms with E-state index in [4.69, 9.17) is 0 Å². The molecule has 0 bridgehead atoms. The zero-order valence-corrected chi connectivity index (χ0v) is 12.9. The standard InChI is InChI=1S/C15H28N2O2/c1-6-8-9-11(5)17-12(7-2)14(18)16-13(10(3)4)15(17)19/h10-13H,6-9H2,1-5H3,(H,16,18). The van der Waals surface area contributed by atoms with Crippen LogP contribution in [0.1, 0.15) is 60.3 Å². The maximum absolute atomic E-state index is 12.6. The fraction of sp³-hybridized carbons (Fsp3) is 0.867. The van der Waals surface area contributed by atoms with Gasteiger partial charge in [0.2, 0.25) is 11.8 Å². The lowest BCUT2D eigenvalue weighted by molar-refractivity contribution is -0.153. The SMILES string of the molecule is CCCCC(C)N1C(=O)C(C(C)C)NC(=O)C1CC. The molecule has 1 aliphatic rings. The summed E-state index contributed by atoms with van der Waals surface area (Å²) in [7, 11) is 0. The van der Waals surface area contributed by atoms with E-state index in [2.05, 4.69) is 19.2 Å². The predicted octanol–water partition coefficient (Wildman–Crippen LogP) is 2.33. The molecule has 0 spiro atoms. The van der Waals surface area contributed by atoms with Crippen molar-refractivity contribution in [1.82, 2.24) is 10.2 Å². The quantitative estimate of drug-likeness (QED) is 0.803. The summed E-state index contributed by atoms with van der Waals surface area (Å²) < 4.78 is 0. The van der Waals surface area contributed by atoms with Crippen LogP contribution in [0, 0.1) is 5.92 Å². The first-order valence-corrected chi connectivity index (χ1v) is 7.56. The summed E-state index contributed by atoms with van der Waals surface area (Å²) in [6.45, 7) is 10.1. The van der Waals surface area contributed by atoms with Crippen molar-refractivity contribution in [2.45, 2.75) is 78.4 Å². The van der Waals surface area contributed by atoms with Gasteiger partial charge in [0.05, 0.1) is 0 Å². The second-order valence-corrected chi connectivity index (χ2v) is 5.89. The minimum absolute atomic E-state index is 0.00384. The van der Waals surface area contributed by atoms with Crippen molar-refractivity contribution >= 4 is 11.8 Å². The number of piperazine rings is 1. The van der Waals surface area contributed by atoms with Gasteiger partial charge >= 0.3 is 0 Å². The highest BCUT2D eigenvalue weighted by Gasteiger charge is 2.42. The molecule has 2 amide bonds. The molecule has 0 aliphatic carbocycles. The second kappa shape index (κ2) is 6.92. The zero-order chi connectivity index (χ0) is 14.6. The molecule has 1 heterocycles. The van der Waals surface area contributed by atoms with E-state index in [1.54, 1.807) is 0 Å². The molecule has 4 nitrogen and oxygen atoms in total. The van der Waals surface area contributed by atoms with Crippen LogP contribution in [-0.2, 0) is 9.59 Å². The normalized spacial score (nSPS) is 25.7. The monoisotopic (exact) mass is 268 g/mol. The highest BCUT2D eigenvalue weighted by molar-refractivity contribution is 5.97. The smallest absolute Gasteiger partial charge is 0.246 e. The average Bonchev–Trinajstić information content (AvgIpc) is 2.37. The van der Waals surface area contributed by atoms with Gasteiger partial charge in [-0.25, -0.2) is 0 Å². The van der Waals surface area contributed by atoms with Crippen LogP contribution in [0.5, 0.6) is 0 Å². The lowest BCUT2D eigenvalue weighted by Gasteiger charge is -2.43. The molecule has 19 heavy (non-hydrogen) atoms. The third-order valence-electron chi connectivity index (χ3n) is 3.96. The van der Waals surface area contributed by atoms with E-state index in [1.807, 2.05) is 25.7 Å². The first-order valence-electron chi connectivity index (χ1n) is 7.56. The van der Waals surface area contributed by atoms with E-state index < -0.39 is 0 Å². The summed E-state index contributed by atoms with van der Waals surface area (Å²) in [5.74, 6) is 0.226. The highest BCUT2D eigenvalue weighted by Crippen LogP contribution is 2.22. The predicted molar refractivity (Wildman–Crippen MR) is 76.7 cm³/mol. The van der Waals surface area contributed by atoms with Gasteiger partial charge in [-0.15, -0.1) is 0 Å². The van der Waals surface area contributed by atoms with E-state index >= 15 is 0 Å². The Bertz CT molecular complexity index is 328. The second-order valence-electron chi connectivity index (χ2n) is 5.89. The molecule has 1 N–H and O–H groups in total. The molecule has 1 saturated heterocycles. The Hall–Kier alpha value is -1.06. The molecular formula is C15H28N2O2. The number of hydrogen-bond acceptors (Lipinski definition) is 2. The number of nitrogens with zero attached hydrogens (tertiary/aromatic N) is 1. The van der Waals surface area contributed by atoms with Crippen molar-refractivity contribution in [3.63, 3.8) is 0 Å². The molecular weight excluding hydrogens is 240 g/mol. The molecule has 0 aromatic heterocycles. The van der Waals surface area contributed by atoms with E-state index in [1.165, 1.54) is 0 Å². The summed E-state index contributed by atoms with van der Waals surface area (Å²) in [4.78, 5) is 26.6. The van der Waals surface area contributed by atoms with E-state index in [0.29, 0.717) is 6.42 Å². The van der Waals surface area contributed by atoms with Crippen molar-refractivity contribution in [2.75, 3.05) is 0 Å². The highest BCUT2D eigenvalue weighted by atomic mass is 16.2. The Morgan fingerprint density at radius 3 is 2.32 bits per heavy atom. The maximum atomic E-state index is 12.6. The summed E-state index contributed by atoms with van der Waals surface area (Å²) >= 11 is 0. The van der Waals surface area contributed by atoms with Crippen LogP contribution < -0.4 is 5.32 Å². The summed E-state index contributed by atoms with van der Waals surface area (Å²) in [6, 6.07) is -0.515. The Kier molecular flexibility index (Phi) is 5.83. The number of unbranched alkanes of at least 4 members (excludes halogenated alkanes) is 1. The van der Waals surface area contributed by atoms with Crippen LogP contribution in [-0.4, -0.2) is 34.8 Å². The van der Waals surface area contributed by atoms with Crippen LogP contribution in [0.25, 0.3) is 0 Å². The molecule has 3 unspecified atom stereocenters. The van der Waals surface area contributed by atoms with Gasteiger partial charge in [-0.2, -0.15) is 0 Å². The lowest BCUT2D eigenvalue weighted by atomic mass is 9.94. The molecule has 4 heteroatoms. The molecule has 0 saturated carbocycles. The summed E-state index contributed by atoms with van der Waals surface area (Å²) in [6.07, 6.45) is 3.86. The number of nitrogens with one attached hydrogen (secondary N) is 1. The largest absolute Gasteiger partial charge is 0.342 e. The van der Waals surface area contributed by atoms with Gasteiger partial charge in [0.15, 0.2) is 0 Å². The fourth-order valence-electron chi connectivity index (χ4n) is 2.75. The molecule has 110 valence electrons. The van der Waals surface area contributed by atoms with Crippen molar-refractivity contribution < 1.29 is 9.59 Å². The number of carbonyl (C=O) groups is 2. The van der Waals surface area contributed by atoms with Gasteiger partial charge in [-0.3, -0.25) is 9.59 Å². The Labute approximate surface area is 116 Å². The third-order valence-corrected chi connectivity index (χ3v) is 3.96. The molecule has 1 rings (SSSR count). The first-order chi connectivity index (χ1) is 8.93. The van der Waals surface area contributed by atoms with Crippen molar-refractivity contribution in [1.29, 1.82) is 0 Å². The molecule has 1 fully saturated rings. The van der Waals surface area contributed by atoms with Gasteiger partial charge in [-0.1, -0.05) is 40.5 Å². The first kappa shape index (κ1) is 16.0. The zero-order valence-electron chi connectivity index (χ0n) is 12.9. The summed E-state index contributed by atoms with van der Waals surface area (Å²) in [5.41, 5.74) is 0. The molecule has 0 aromatic carbocycles. The van der Waals surface area contributed by atoms with Gasteiger partial charge in [0.25, 0.3) is 0 Å². The van der Waals surface area contributed by atoms with Crippen molar-refractivity contribution in [3.05, 3.63) is 0 Å². The minimum Gasteiger partial charge on any atom is -0.342 e. The molecule has 3 atom stereocenters. The Morgan fingerprint density at radius 1 is 1.21 bits per heavy atom. The summed E-state index contributed by atoms with van der Waals surface area (Å²) in [5, 5.41) is 2.88. The minimum atomic E-state index is -0.362. The van der Waals surface area contributed by atoms with Crippen LogP contribution in [0.2, 0.25) is 0 Å². The van der Waals surface area contributed by atoms with Gasteiger partial charge < -0.3 is 10.2 Å². The Morgan fingerprint density at radius 2 is 1.84 bits per heavy atom. The van der Waals surface area contributed by atoms with Crippen LogP contribution in [0.4, 0.5) is 0 Å². The molecule has 0 radical (unpaired) electrons. The van der Waals surface area contributed by atoms with Crippen LogP contribution >= 0.6 is 0 Å². The average molecular weight is 268 g/mol. The lowest BCUT2D eigenvalue weighted by Crippen LogP contribution is -2.66. The topological polar surface area (TPSA) is 49.4 Å². The van der Waals surface area contributed by atoms with E-state index in [9.17, 15) is 9.59 Å².